The molecule has 0 bridgehead atoms. The minimum atomic E-state index is -0.582. The molecular formula is C20H12FNO2. The molecule has 4 heteroatoms. The first-order valence-electron chi connectivity index (χ1n) is 7.47. The Bertz CT molecular complexity index is 1020. The highest BCUT2D eigenvalue weighted by Gasteiger charge is 2.24. The number of aliphatic imine (C=N–C) groups is 1. The lowest BCUT2D eigenvalue weighted by atomic mass is 10.1. The summed E-state index contributed by atoms with van der Waals surface area (Å²) in [5.74, 6) is -0.762. The normalized spacial score (nSPS) is 15.6. The number of esters is 1. The van der Waals surface area contributed by atoms with E-state index >= 15 is 0 Å². The van der Waals surface area contributed by atoms with Gasteiger partial charge in [-0.1, -0.05) is 48.5 Å². The van der Waals surface area contributed by atoms with Gasteiger partial charge in [-0.05, 0) is 35.0 Å². The van der Waals surface area contributed by atoms with Crippen LogP contribution < -0.4 is 0 Å². The highest BCUT2D eigenvalue weighted by Crippen LogP contribution is 2.22. The molecule has 3 nitrogen and oxygen atoms in total. The summed E-state index contributed by atoms with van der Waals surface area (Å²) in [6, 6.07) is 19.8. The summed E-state index contributed by atoms with van der Waals surface area (Å²) in [7, 11) is 0. The summed E-state index contributed by atoms with van der Waals surface area (Å²) in [5, 5.41) is 2.12. The maximum Gasteiger partial charge on any atom is 0.363 e. The highest BCUT2D eigenvalue weighted by molar-refractivity contribution is 6.13. The molecule has 1 aliphatic heterocycles. The van der Waals surface area contributed by atoms with E-state index in [2.05, 4.69) is 4.99 Å². The van der Waals surface area contributed by atoms with Crippen LogP contribution in [-0.4, -0.2) is 11.9 Å². The molecule has 3 aromatic rings. The molecule has 0 aromatic heterocycles. The van der Waals surface area contributed by atoms with Crippen molar-refractivity contribution in [3.63, 3.8) is 0 Å². The van der Waals surface area contributed by atoms with Crippen LogP contribution in [0.4, 0.5) is 4.39 Å². The largest absolute Gasteiger partial charge is 0.402 e. The van der Waals surface area contributed by atoms with Gasteiger partial charge in [-0.3, -0.25) is 0 Å². The van der Waals surface area contributed by atoms with E-state index in [0.29, 0.717) is 11.1 Å². The van der Waals surface area contributed by atoms with E-state index < -0.39 is 11.8 Å². The molecule has 116 valence electrons. The number of hydrogen-bond donors (Lipinski definition) is 0. The second-order valence-electron chi connectivity index (χ2n) is 5.42. The van der Waals surface area contributed by atoms with Crippen LogP contribution in [0.1, 0.15) is 11.1 Å². The van der Waals surface area contributed by atoms with Crippen molar-refractivity contribution in [3.8, 4) is 0 Å². The number of cyclic esters (lactones) is 1. The predicted octanol–water partition coefficient (Wildman–Crippen LogP) is 4.32. The van der Waals surface area contributed by atoms with Crippen molar-refractivity contribution in [2.75, 3.05) is 0 Å². The van der Waals surface area contributed by atoms with E-state index in [-0.39, 0.29) is 11.6 Å². The molecule has 0 fully saturated rings. The van der Waals surface area contributed by atoms with E-state index in [9.17, 15) is 9.18 Å². The fourth-order valence-corrected chi connectivity index (χ4v) is 2.59. The Balaban J connectivity index is 1.74. The fraction of sp³-hybridized carbons (Fsp3) is 0. The molecule has 0 saturated carbocycles. The summed E-state index contributed by atoms with van der Waals surface area (Å²) in [6.07, 6.45) is 1.39. The number of carbonyl (C=O) groups is 1. The van der Waals surface area contributed by atoms with Gasteiger partial charge < -0.3 is 4.74 Å². The average molecular weight is 317 g/mol. The van der Waals surface area contributed by atoms with Crippen LogP contribution in [-0.2, 0) is 9.53 Å². The minimum Gasteiger partial charge on any atom is -0.402 e. The van der Waals surface area contributed by atoms with Crippen LogP contribution in [0.3, 0.4) is 0 Å². The van der Waals surface area contributed by atoms with Gasteiger partial charge in [0.2, 0.25) is 5.90 Å². The molecule has 0 aliphatic carbocycles. The van der Waals surface area contributed by atoms with Gasteiger partial charge in [0.25, 0.3) is 0 Å². The summed E-state index contributed by atoms with van der Waals surface area (Å²) in [5.41, 5.74) is 1.09. The molecule has 0 radical (unpaired) electrons. The average Bonchev–Trinajstić information content (AvgIpc) is 2.97. The van der Waals surface area contributed by atoms with E-state index in [1.807, 2.05) is 42.5 Å². The molecule has 4 rings (SSSR count). The summed E-state index contributed by atoms with van der Waals surface area (Å²) < 4.78 is 19.0. The van der Waals surface area contributed by atoms with Crippen LogP contribution in [0.2, 0.25) is 0 Å². The van der Waals surface area contributed by atoms with Crippen LogP contribution in [0.15, 0.2) is 77.4 Å². The number of benzene rings is 3. The van der Waals surface area contributed by atoms with Gasteiger partial charge in [0.15, 0.2) is 5.70 Å². The molecular weight excluding hydrogens is 305 g/mol. The molecule has 0 saturated heterocycles. The standard InChI is InChI=1S/C20H12FNO2/c21-17-8-4-3-7-15(17)12-18-20(23)24-19(22-18)16-10-9-13-5-1-2-6-14(13)11-16/h1-12H/b18-12+. The Morgan fingerprint density at radius 2 is 1.67 bits per heavy atom. The second-order valence-corrected chi connectivity index (χ2v) is 5.42. The number of fused-ring (bicyclic) bond motifs is 1. The monoisotopic (exact) mass is 317 g/mol. The Kier molecular flexibility index (Phi) is 3.43. The first kappa shape index (κ1) is 14.3. The smallest absolute Gasteiger partial charge is 0.363 e. The van der Waals surface area contributed by atoms with E-state index in [1.165, 1.54) is 12.1 Å². The number of nitrogens with zero attached hydrogens (tertiary/aromatic N) is 1. The highest BCUT2D eigenvalue weighted by atomic mass is 19.1. The van der Waals surface area contributed by atoms with Gasteiger partial charge in [0, 0.05) is 11.1 Å². The molecule has 0 N–H and O–H groups in total. The lowest BCUT2D eigenvalue weighted by Gasteiger charge is -2.02. The third-order valence-electron chi connectivity index (χ3n) is 3.81. The first-order chi connectivity index (χ1) is 11.7. The molecule has 0 unspecified atom stereocenters. The van der Waals surface area contributed by atoms with Gasteiger partial charge in [-0.15, -0.1) is 0 Å². The van der Waals surface area contributed by atoms with Gasteiger partial charge in [0.05, 0.1) is 0 Å². The van der Waals surface area contributed by atoms with Crippen LogP contribution in [0.25, 0.3) is 16.8 Å². The quantitative estimate of drug-likeness (QED) is 0.521. The molecule has 0 atom stereocenters. The van der Waals surface area contributed by atoms with Crippen molar-refractivity contribution in [1.82, 2.24) is 0 Å². The predicted molar refractivity (Wildman–Crippen MR) is 91.0 cm³/mol. The first-order valence-corrected chi connectivity index (χ1v) is 7.47. The second kappa shape index (κ2) is 5.74. The Hall–Kier alpha value is -3.27. The zero-order valence-electron chi connectivity index (χ0n) is 12.6. The van der Waals surface area contributed by atoms with E-state index in [0.717, 1.165) is 10.8 Å². The topological polar surface area (TPSA) is 38.7 Å². The number of halogens is 1. The van der Waals surface area contributed by atoms with Crippen LogP contribution in [0, 0.1) is 5.82 Å². The van der Waals surface area contributed by atoms with Crippen molar-refractivity contribution < 1.29 is 13.9 Å². The summed E-state index contributed by atoms with van der Waals surface area (Å²) in [6.45, 7) is 0. The van der Waals surface area contributed by atoms with Crippen molar-refractivity contribution in [1.29, 1.82) is 0 Å². The van der Waals surface area contributed by atoms with Crippen LogP contribution in [0.5, 0.6) is 0 Å². The number of ether oxygens (including phenoxy) is 1. The van der Waals surface area contributed by atoms with Crippen molar-refractivity contribution >= 4 is 28.7 Å². The number of carbonyl (C=O) groups excluding carboxylic acids is 1. The molecule has 1 heterocycles. The molecule has 1 aliphatic rings. The Labute approximate surface area is 137 Å². The third kappa shape index (κ3) is 2.58. The van der Waals surface area contributed by atoms with Gasteiger partial charge >= 0.3 is 5.97 Å². The van der Waals surface area contributed by atoms with Gasteiger partial charge in [0.1, 0.15) is 5.82 Å². The fourth-order valence-electron chi connectivity index (χ4n) is 2.59. The molecule has 3 aromatic carbocycles. The number of rotatable bonds is 2. The summed E-state index contributed by atoms with van der Waals surface area (Å²) >= 11 is 0. The lowest BCUT2D eigenvalue weighted by Crippen LogP contribution is -2.05. The van der Waals surface area contributed by atoms with E-state index in [4.69, 9.17) is 4.74 Å². The molecule has 0 spiro atoms. The SMILES string of the molecule is O=C1OC(c2ccc3ccccc3c2)=N/C1=C/c1ccccc1F. The summed E-state index contributed by atoms with van der Waals surface area (Å²) in [4.78, 5) is 16.2. The number of hydrogen-bond acceptors (Lipinski definition) is 3. The Morgan fingerprint density at radius 3 is 2.50 bits per heavy atom. The van der Waals surface area contributed by atoms with Crippen molar-refractivity contribution in [3.05, 3.63) is 89.4 Å². The lowest BCUT2D eigenvalue weighted by molar-refractivity contribution is -0.129. The van der Waals surface area contributed by atoms with Crippen LogP contribution >= 0.6 is 0 Å². The molecule has 24 heavy (non-hydrogen) atoms. The van der Waals surface area contributed by atoms with Crippen molar-refractivity contribution in [2.45, 2.75) is 0 Å². The zero-order chi connectivity index (χ0) is 16.5. The zero-order valence-corrected chi connectivity index (χ0v) is 12.6. The maximum atomic E-state index is 13.7. The Morgan fingerprint density at radius 1 is 0.917 bits per heavy atom. The third-order valence-corrected chi connectivity index (χ3v) is 3.81. The molecule has 0 amide bonds. The van der Waals surface area contributed by atoms with Gasteiger partial charge in [-0.25, -0.2) is 14.2 Å². The van der Waals surface area contributed by atoms with Gasteiger partial charge in [-0.2, -0.15) is 0 Å². The minimum absolute atomic E-state index is 0.0864. The maximum absolute atomic E-state index is 13.7. The van der Waals surface area contributed by atoms with Crippen molar-refractivity contribution in [2.24, 2.45) is 4.99 Å². The van der Waals surface area contributed by atoms with E-state index in [1.54, 1.807) is 18.2 Å².